The van der Waals surface area contributed by atoms with E-state index in [0.717, 1.165) is 11.1 Å². The molecular weight excluding hydrogens is 248 g/mol. The quantitative estimate of drug-likeness (QED) is 0.538. The molecule has 0 atom stereocenters. The van der Waals surface area contributed by atoms with Gasteiger partial charge >= 0.3 is 25.7 Å². The summed E-state index contributed by atoms with van der Waals surface area (Å²) in [6, 6.07) is 19.7. The molecule has 0 radical (unpaired) electrons. The van der Waals surface area contributed by atoms with Crippen LogP contribution in [0.25, 0.3) is 0 Å². The molecule has 0 N–H and O–H groups in total. The number of benzene rings is 2. The van der Waals surface area contributed by atoms with Crippen molar-refractivity contribution in [3.63, 3.8) is 0 Å². The summed E-state index contributed by atoms with van der Waals surface area (Å²) in [5, 5.41) is 0. The van der Waals surface area contributed by atoms with Crippen LogP contribution >= 0.6 is 0 Å². The molecule has 0 saturated heterocycles. The van der Waals surface area contributed by atoms with Gasteiger partial charge in [-0.15, -0.1) is 24.3 Å². The predicted molar refractivity (Wildman–Crippen MR) is 63.2 cm³/mol. The molecule has 0 fully saturated rings. The SMILES string of the molecule is [CH2-]c1ccccc1.[CH2-]c1ccccc1.[O]=[Ti]=[O]. The standard InChI is InChI=1S/2C7H7.2O.Ti/c2*1-7-5-3-2-4-6-7;;;/h2*2-6H,1H2;;;/q2*-1;;;. The van der Waals surface area contributed by atoms with Gasteiger partial charge in [-0.1, -0.05) is 12.1 Å². The topological polar surface area (TPSA) is 34.1 Å². The Hall–Kier alpha value is -1.51. The van der Waals surface area contributed by atoms with E-state index in [1.807, 2.05) is 60.7 Å². The van der Waals surface area contributed by atoms with Crippen molar-refractivity contribution >= 4 is 0 Å². The van der Waals surface area contributed by atoms with Crippen molar-refractivity contribution in [2.45, 2.75) is 0 Å². The van der Waals surface area contributed by atoms with Crippen molar-refractivity contribution in [2.24, 2.45) is 0 Å². The van der Waals surface area contributed by atoms with Crippen molar-refractivity contribution in [3.05, 3.63) is 85.6 Å². The van der Waals surface area contributed by atoms with Crippen LogP contribution in [0.4, 0.5) is 0 Å². The monoisotopic (exact) mass is 262 g/mol. The van der Waals surface area contributed by atoms with Crippen LogP contribution in [0, 0.1) is 13.8 Å². The summed E-state index contributed by atoms with van der Waals surface area (Å²) in [5.41, 5.74) is 2.14. The fraction of sp³-hybridized carbons (Fsp3) is 0. The molecule has 0 bridgehead atoms. The normalized spacial score (nSPS) is 7.53. The van der Waals surface area contributed by atoms with E-state index in [2.05, 4.69) is 13.8 Å². The fourth-order valence-electron chi connectivity index (χ4n) is 0.956. The van der Waals surface area contributed by atoms with Crippen LogP contribution in [0.3, 0.4) is 0 Å². The molecule has 0 amide bonds. The van der Waals surface area contributed by atoms with E-state index in [1.165, 1.54) is 0 Å². The van der Waals surface area contributed by atoms with Gasteiger partial charge in [0.05, 0.1) is 0 Å². The van der Waals surface area contributed by atoms with Gasteiger partial charge in [-0.25, -0.2) is 0 Å². The second-order valence-corrected chi connectivity index (χ2v) is 3.31. The zero-order valence-corrected chi connectivity index (χ0v) is 11.1. The van der Waals surface area contributed by atoms with Crippen LogP contribution in [0.1, 0.15) is 11.1 Å². The number of hydrogen-bond donors (Lipinski definition) is 0. The van der Waals surface area contributed by atoms with Gasteiger partial charge in [-0.3, -0.25) is 0 Å². The molecule has 2 aromatic carbocycles. The Bertz CT molecular complexity index is 383. The van der Waals surface area contributed by atoms with Crippen LogP contribution in [0.5, 0.6) is 0 Å². The van der Waals surface area contributed by atoms with Gasteiger partial charge in [-0.05, 0) is 0 Å². The third kappa shape index (κ3) is 10.8. The molecule has 0 aliphatic rings. The second kappa shape index (κ2) is 11.0. The van der Waals surface area contributed by atoms with Crippen LogP contribution in [0.15, 0.2) is 60.7 Å². The Morgan fingerprint density at radius 3 is 1.00 bits per heavy atom. The average molecular weight is 262 g/mol. The third-order valence-corrected chi connectivity index (χ3v) is 1.69. The summed E-state index contributed by atoms with van der Waals surface area (Å²) in [6.45, 7) is 7.44. The van der Waals surface area contributed by atoms with E-state index in [1.54, 1.807) is 0 Å². The molecule has 0 spiro atoms. The zero-order valence-electron chi connectivity index (χ0n) is 9.50. The first-order valence-electron chi connectivity index (χ1n) is 4.94. The van der Waals surface area contributed by atoms with Crippen LogP contribution in [0.2, 0.25) is 0 Å². The molecule has 0 aliphatic carbocycles. The molecule has 0 aromatic heterocycles. The van der Waals surface area contributed by atoms with Crippen LogP contribution < -0.4 is 0 Å². The van der Waals surface area contributed by atoms with Crippen molar-refractivity contribution in [2.75, 3.05) is 0 Å². The summed E-state index contributed by atoms with van der Waals surface area (Å²) in [4.78, 5) is 0. The van der Waals surface area contributed by atoms with Crippen LogP contribution in [-0.2, 0) is 25.7 Å². The van der Waals surface area contributed by atoms with Gasteiger partial charge in [0, 0.05) is 0 Å². The van der Waals surface area contributed by atoms with E-state index in [4.69, 9.17) is 6.65 Å². The predicted octanol–water partition coefficient (Wildman–Crippen LogP) is 3.50. The molecule has 0 aliphatic heterocycles. The van der Waals surface area contributed by atoms with E-state index in [9.17, 15) is 0 Å². The Morgan fingerprint density at radius 2 is 0.882 bits per heavy atom. The number of rotatable bonds is 0. The summed E-state index contributed by atoms with van der Waals surface area (Å²) in [6.07, 6.45) is 0. The van der Waals surface area contributed by atoms with Crippen molar-refractivity contribution in [1.29, 1.82) is 0 Å². The number of hydrogen-bond acceptors (Lipinski definition) is 2. The molecule has 2 aromatic rings. The Labute approximate surface area is 111 Å². The minimum absolute atomic E-state index is 1.07. The van der Waals surface area contributed by atoms with Crippen LogP contribution in [-0.4, -0.2) is 0 Å². The van der Waals surface area contributed by atoms with E-state index in [-0.39, 0.29) is 0 Å². The summed E-state index contributed by atoms with van der Waals surface area (Å²) < 4.78 is 17.0. The third-order valence-electron chi connectivity index (χ3n) is 1.69. The summed E-state index contributed by atoms with van der Waals surface area (Å²) in [7, 11) is 0. The van der Waals surface area contributed by atoms with Gasteiger partial charge in [-0.2, -0.15) is 49.2 Å². The minimum atomic E-state index is -2.00. The Kier molecular flexibility index (Phi) is 10.0. The molecule has 0 saturated carbocycles. The zero-order chi connectivity index (χ0) is 12.9. The van der Waals surface area contributed by atoms with E-state index < -0.39 is 19.1 Å². The van der Waals surface area contributed by atoms with Crippen molar-refractivity contribution in [1.82, 2.24) is 0 Å². The molecule has 3 heteroatoms. The van der Waals surface area contributed by atoms with Crippen molar-refractivity contribution < 1.29 is 25.7 Å². The first-order valence-corrected chi connectivity index (χ1v) is 6.21. The average Bonchev–Trinajstić information content (AvgIpc) is 2.33. The van der Waals surface area contributed by atoms with E-state index in [0.29, 0.717) is 0 Å². The van der Waals surface area contributed by atoms with Gasteiger partial charge in [0.1, 0.15) is 0 Å². The maximum absolute atomic E-state index is 8.50. The first kappa shape index (κ1) is 15.5. The molecule has 0 unspecified atom stereocenters. The molecule has 88 valence electrons. The molecule has 2 rings (SSSR count). The Balaban J connectivity index is 0.000000247. The van der Waals surface area contributed by atoms with Gasteiger partial charge in [0.2, 0.25) is 0 Å². The van der Waals surface area contributed by atoms with Gasteiger partial charge in [0.15, 0.2) is 0 Å². The van der Waals surface area contributed by atoms with Crippen molar-refractivity contribution in [3.8, 4) is 0 Å². The van der Waals surface area contributed by atoms with Gasteiger partial charge < -0.3 is 0 Å². The Morgan fingerprint density at radius 1 is 0.647 bits per heavy atom. The summed E-state index contributed by atoms with van der Waals surface area (Å²) >= 11 is -2.00. The van der Waals surface area contributed by atoms with Gasteiger partial charge in [0.25, 0.3) is 0 Å². The molecule has 2 nitrogen and oxygen atoms in total. The first-order chi connectivity index (χ1) is 8.20. The second-order valence-electron chi connectivity index (χ2n) is 3.05. The molecular formula is C14H14O2Ti-2. The molecule has 0 heterocycles. The summed E-state index contributed by atoms with van der Waals surface area (Å²) in [5.74, 6) is 0. The van der Waals surface area contributed by atoms with E-state index >= 15 is 0 Å². The maximum atomic E-state index is 8.50. The molecule has 17 heavy (non-hydrogen) atoms. The fourth-order valence-corrected chi connectivity index (χ4v) is 0.956.